The molecule has 4 atom stereocenters. The van der Waals surface area contributed by atoms with Gasteiger partial charge in [-0.1, -0.05) is 62.4 Å². The highest BCUT2D eigenvalue weighted by Gasteiger charge is 2.38. The van der Waals surface area contributed by atoms with E-state index in [2.05, 4.69) is 22.0 Å². The van der Waals surface area contributed by atoms with Crippen molar-refractivity contribution in [2.75, 3.05) is 6.54 Å². The Morgan fingerprint density at radius 3 is 2.28 bits per heavy atom. The van der Waals surface area contributed by atoms with Gasteiger partial charge in [-0.25, -0.2) is 9.59 Å². The number of phenols is 1. The number of carbonyl (C=O) groups is 6. The summed E-state index contributed by atoms with van der Waals surface area (Å²) >= 11 is 0. The normalized spacial score (nSPS) is 15.3. The third kappa shape index (κ3) is 12.8. The SMILES string of the molecule is CC(C)[C@@H](NC(=O)[C@H](Cc1ccc(O)c(-c2cccc(C#N)c2)c1)NC(=O)[C@@H](CCC(N)=O)NC(=O)[C@H]1CCCN1C(=O)OCc1ccccc1)C(=O)OC(C)(C)C. The van der Waals surface area contributed by atoms with Crippen LogP contribution in [0, 0.1) is 17.2 Å². The summed E-state index contributed by atoms with van der Waals surface area (Å²) in [7, 11) is 0. The smallest absolute Gasteiger partial charge is 0.410 e. The number of nitrogens with two attached hydrogens (primary N) is 1. The van der Waals surface area contributed by atoms with Crippen molar-refractivity contribution in [1.82, 2.24) is 20.9 Å². The lowest BCUT2D eigenvalue weighted by Gasteiger charge is -2.29. The van der Waals surface area contributed by atoms with Crippen molar-refractivity contribution in [2.45, 2.75) is 103 Å². The molecule has 1 aliphatic rings. The van der Waals surface area contributed by atoms with Crippen molar-refractivity contribution in [1.29, 1.82) is 5.26 Å². The van der Waals surface area contributed by atoms with Gasteiger partial charge in [0.15, 0.2) is 0 Å². The fourth-order valence-electron chi connectivity index (χ4n) is 6.42. The molecule has 15 nitrogen and oxygen atoms in total. The lowest BCUT2D eigenvalue weighted by atomic mass is 9.96. The van der Waals surface area contributed by atoms with Crippen LogP contribution in [0.25, 0.3) is 11.1 Å². The number of ether oxygens (including phenoxy) is 2. The second-order valence-corrected chi connectivity index (χ2v) is 15.5. The summed E-state index contributed by atoms with van der Waals surface area (Å²) in [5.74, 6) is -4.16. The minimum absolute atomic E-state index is 0.00200. The number of amides is 5. The molecule has 1 aliphatic heterocycles. The zero-order valence-electron chi connectivity index (χ0n) is 33.4. The maximum Gasteiger partial charge on any atom is 0.410 e. The number of nitrogens with one attached hydrogen (secondary N) is 3. The summed E-state index contributed by atoms with van der Waals surface area (Å²) in [6.45, 7) is 8.78. The van der Waals surface area contributed by atoms with Gasteiger partial charge in [-0.05, 0) is 86.9 Å². The quantitative estimate of drug-likeness (QED) is 0.131. The van der Waals surface area contributed by atoms with Crippen molar-refractivity contribution < 1.29 is 43.3 Å². The van der Waals surface area contributed by atoms with Crippen LogP contribution in [-0.4, -0.2) is 82.0 Å². The second-order valence-electron chi connectivity index (χ2n) is 15.5. The molecule has 3 aromatic carbocycles. The number of nitrogens with zero attached hydrogens (tertiary/aromatic N) is 2. The molecule has 0 spiro atoms. The maximum absolute atomic E-state index is 14.1. The van der Waals surface area contributed by atoms with E-state index in [1.165, 1.54) is 11.0 Å². The molecular formula is C43H52N6O9. The topological polar surface area (TPSA) is 230 Å². The van der Waals surface area contributed by atoms with E-state index in [-0.39, 0.29) is 38.2 Å². The van der Waals surface area contributed by atoms with E-state index < -0.39 is 71.4 Å². The predicted octanol–water partition coefficient (Wildman–Crippen LogP) is 3.99. The monoisotopic (exact) mass is 796 g/mol. The Labute approximate surface area is 338 Å². The minimum atomic E-state index is -1.37. The predicted molar refractivity (Wildman–Crippen MR) is 213 cm³/mol. The summed E-state index contributed by atoms with van der Waals surface area (Å²) in [5.41, 5.74) is 7.10. The van der Waals surface area contributed by atoms with Crippen LogP contribution < -0.4 is 21.7 Å². The van der Waals surface area contributed by atoms with Gasteiger partial charge in [0.05, 0.1) is 11.6 Å². The molecular weight excluding hydrogens is 745 g/mol. The van der Waals surface area contributed by atoms with Crippen LogP contribution in [0.3, 0.4) is 0 Å². The van der Waals surface area contributed by atoms with Crippen LogP contribution in [0.1, 0.15) is 77.0 Å². The number of aromatic hydroxyl groups is 1. The summed E-state index contributed by atoms with van der Waals surface area (Å²) < 4.78 is 11.0. The minimum Gasteiger partial charge on any atom is -0.507 e. The molecule has 1 fully saturated rings. The molecule has 6 N–H and O–H groups in total. The van der Waals surface area contributed by atoms with Crippen molar-refractivity contribution in [2.24, 2.45) is 11.7 Å². The zero-order chi connectivity index (χ0) is 42.6. The fourth-order valence-corrected chi connectivity index (χ4v) is 6.42. The number of nitriles is 1. The van der Waals surface area contributed by atoms with E-state index in [9.17, 15) is 39.1 Å². The molecule has 15 heteroatoms. The van der Waals surface area contributed by atoms with Gasteiger partial charge in [-0.3, -0.25) is 24.1 Å². The highest BCUT2D eigenvalue weighted by atomic mass is 16.6. The summed E-state index contributed by atoms with van der Waals surface area (Å²) in [6.07, 6.45) is -0.570. The van der Waals surface area contributed by atoms with E-state index in [0.717, 1.165) is 5.56 Å². The van der Waals surface area contributed by atoms with Gasteiger partial charge >= 0.3 is 12.1 Å². The van der Waals surface area contributed by atoms with E-state index in [1.54, 1.807) is 83.1 Å². The molecule has 0 aromatic heterocycles. The largest absolute Gasteiger partial charge is 0.507 e. The third-order valence-electron chi connectivity index (χ3n) is 9.37. The number of hydrogen-bond acceptors (Lipinski definition) is 10. The number of carbonyl (C=O) groups excluding carboxylic acids is 6. The van der Waals surface area contributed by atoms with E-state index in [4.69, 9.17) is 15.2 Å². The fraction of sp³-hybridized carbons (Fsp3) is 0.419. The Hall–Kier alpha value is -6.43. The summed E-state index contributed by atoms with van der Waals surface area (Å²) in [5, 5.41) is 28.3. The molecule has 3 aromatic rings. The van der Waals surface area contributed by atoms with Gasteiger partial charge in [0.2, 0.25) is 23.6 Å². The molecule has 58 heavy (non-hydrogen) atoms. The molecule has 0 saturated carbocycles. The Balaban J connectivity index is 1.61. The molecule has 0 radical (unpaired) electrons. The van der Waals surface area contributed by atoms with Crippen LogP contribution >= 0.6 is 0 Å². The lowest BCUT2D eigenvalue weighted by Crippen LogP contribution is -2.58. The summed E-state index contributed by atoms with van der Waals surface area (Å²) in [4.78, 5) is 81.5. The van der Waals surface area contributed by atoms with E-state index in [0.29, 0.717) is 35.1 Å². The zero-order valence-corrected chi connectivity index (χ0v) is 33.4. The first kappa shape index (κ1) is 44.3. The Bertz CT molecular complexity index is 2010. The van der Waals surface area contributed by atoms with Crippen molar-refractivity contribution >= 4 is 35.7 Å². The number of phenolic OH excluding ortho intramolecular Hbond substituents is 1. The number of benzene rings is 3. The Morgan fingerprint density at radius 1 is 0.914 bits per heavy atom. The molecule has 0 aliphatic carbocycles. The van der Waals surface area contributed by atoms with Crippen LogP contribution in [0.5, 0.6) is 5.75 Å². The number of primary amides is 1. The van der Waals surface area contributed by atoms with E-state index >= 15 is 0 Å². The van der Waals surface area contributed by atoms with Crippen molar-refractivity contribution in [3.05, 3.63) is 89.5 Å². The molecule has 0 unspecified atom stereocenters. The first-order valence-corrected chi connectivity index (χ1v) is 19.2. The second kappa shape index (κ2) is 20.1. The van der Waals surface area contributed by atoms with Crippen LogP contribution in [0.15, 0.2) is 72.8 Å². The Kier molecular flexibility index (Phi) is 15.4. The molecule has 0 bridgehead atoms. The van der Waals surface area contributed by atoms with Crippen molar-refractivity contribution in [3.63, 3.8) is 0 Å². The van der Waals surface area contributed by atoms with Crippen LogP contribution in [0.4, 0.5) is 4.79 Å². The highest BCUT2D eigenvalue weighted by molar-refractivity contribution is 5.95. The van der Waals surface area contributed by atoms with Gasteiger partial charge in [-0.2, -0.15) is 5.26 Å². The average Bonchev–Trinajstić information content (AvgIpc) is 3.68. The van der Waals surface area contributed by atoms with Gasteiger partial charge < -0.3 is 36.3 Å². The number of esters is 1. The van der Waals surface area contributed by atoms with Gasteiger partial charge in [0.25, 0.3) is 0 Å². The first-order valence-electron chi connectivity index (χ1n) is 19.2. The molecule has 4 rings (SSSR count). The highest BCUT2D eigenvalue weighted by Crippen LogP contribution is 2.31. The molecule has 1 saturated heterocycles. The number of likely N-dealkylation sites (tertiary alicyclic amines) is 1. The summed E-state index contributed by atoms with van der Waals surface area (Å²) in [6, 6.07) is 17.5. The standard InChI is InChI=1S/C43H52N6O9/c1-26(2)37(41(55)58-43(3,4)5)48-39(53)33(23-28-16-18-35(50)31(22-28)30-14-9-13-29(21-30)24-44)47-38(52)32(17-19-36(45)51)46-40(54)34-15-10-20-49(34)42(56)57-25-27-11-7-6-8-12-27/h6-9,11-14,16,18,21-22,26,32-34,37,50H,10,15,17,19-20,23,25H2,1-5H3,(H2,45,51)(H,46,54)(H,47,52)(H,48,53)/t32-,33+,34-,37-/m1/s1. The Morgan fingerprint density at radius 2 is 1.62 bits per heavy atom. The maximum atomic E-state index is 14.1. The van der Waals surface area contributed by atoms with Crippen LogP contribution in [0.2, 0.25) is 0 Å². The van der Waals surface area contributed by atoms with Gasteiger partial charge in [0, 0.05) is 24.9 Å². The number of rotatable bonds is 16. The third-order valence-corrected chi connectivity index (χ3v) is 9.37. The van der Waals surface area contributed by atoms with Crippen LogP contribution in [-0.2, 0) is 46.5 Å². The van der Waals surface area contributed by atoms with E-state index in [1.807, 2.05) is 18.2 Å². The first-order chi connectivity index (χ1) is 27.4. The van der Waals surface area contributed by atoms with Gasteiger partial charge in [0.1, 0.15) is 42.1 Å². The molecule has 1 heterocycles. The lowest BCUT2D eigenvalue weighted by molar-refractivity contribution is -0.160. The van der Waals surface area contributed by atoms with Gasteiger partial charge in [-0.15, -0.1) is 0 Å². The molecule has 308 valence electrons. The number of hydrogen-bond donors (Lipinski definition) is 5. The van der Waals surface area contributed by atoms with Crippen molar-refractivity contribution in [3.8, 4) is 22.9 Å². The molecule has 5 amide bonds. The average molecular weight is 797 g/mol.